The van der Waals surface area contributed by atoms with Crippen LogP contribution in [0.25, 0.3) is 22.0 Å². The first-order valence-electron chi connectivity index (χ1n) is 8.57. The van der Waals surface area contributed by atoms with E-state index in [-0.39, 0.29) is 0 Å². The van der Waals surface area contributed by atoms with Gasteiger partial charge in [0.15, 0.2) is 6.20 Å². The van der Waals surface area contributed by atoms with E-state index in [0.717, 1.165) is 0 Å². The first kappa shape index (κ1) is 14.6. The van der Waals surface area contributed by atoms with Gasteiger partial charge in [-0.3, -0.25) is 0 Å². The van der Waals surface area contributed by atoms with Crippen LogP contribution in [0.5, 0.6) is 0 Å². The number of benzene rings is 2. The maximum Gasteiger partial charge on any atom is 0.220 e. The smallest absolute Gasteiger partial charge is 0.200 e. The number of aryl methyl sites for hydroxylation is 2. The Hall–Kier alpha value is -1.93. The summed E-state index contributed by atoms with van der Waals surface area (Å²) in [5, 5.41) is 4.39. The molecule has 0 saturated carbocycles. The third-order valence-electron chi connectivity index (χ3n) is 5.69. The van der Waals surface area contributed by atoms with Gasteiger partial charge >= 0.3 is 0 Å². The number of rotatable bonds is 2. The minimum atomic E-state index is -1.12. The largest absolute Gasteiger partial charge is 0.220 e. The second-order valence-electron chi connectivity index (χ2n) is 7.31. The van der Waals surface area contributed by atoms with Crippen molar-refractivity contribution in [3.8, 4) is 11.3 Å². The van der Waals surface area contributed by atoms with Gasteiger partial charge in [-0.2, -0.15) is 0 Å². The van der Waals surface area contributed by atoms with Crippen molar-refractivity contribution in [2.45, 2.75) is 32.0 Å². The van der Waals surface area contributed by atoms with Gasteiger partial charge in [-0.1, -0.05) is 60.6 Å². The Bertz CT molecular complexity index is 893. The molecule has 1 nitrogen and oxygen atoms in total. The molecule has 2 heteroatoms. The molecule has 0 aliphatic carbocycles. The van der Waals surface area contributed by atoms with Crippen molar-refractivity contribution in [3.63, 3.8) is 0 Å². The first-order chi connectivity index (χ1) is 11.1. The van der Waals surface area contributed by atoms with Gasteiger partial charge in [0.05, 0.1) is 13.5 Å². The van der Waals surface area contributed by atoms with Crippen molar-refractivity contribution >= 4 is 24.0 Å². The molecule has 3 aromatic rings. The van der Waals surface area contributed by atoms with Gasteiger partial charge in [-0.15, -0.1) is 0 Å². The van der Waals surface area contributed by atoms with Crippen LogP contribution in [-0.4, -0.2) is 8.07 Å². The van der Waals surface area contributed by atoms with E-state index in [1.165, 1.54) is 46.1 Å². The zero-order chi connectivity index (χ0) is 16.0. The number of hydrogen-bond donors (Lipinski definition) is 0. The average Bonchev–Trinajstić information content (AvgIpc) is 2.53. The molecule has 0 spiro atoms. The summed E-state index contributed by atoms with van der Waals surface area (Å²) in [7, 11) is 1.03. The molecule has 1 aliphatic rings. The maximum absolute atomic E-state index is 2.54. The summed E-state index contributed by atoms with van der Waals surface area (Å²) in [6.07, 6.45) is 3.64. The highest BCUT2D eigenvalue weighted by molar-refractivity contribution is 6.93. The summed E-state index contributed by atoms with van der Waals surface area (Å²) in [5.41, 5.74) is 3.99. The molecule has 2 heterocycles. The Morgan fingerprint density at radius 1 is 1.00 bits per heavy atom. The van der Waals surface area contributed by atoms with Crippen LogP contribution in [0.4, 0.5) is 0 Å². The standard InChI is InChI=1S/C21H24NSi/c1-16-7-4-5-8-19(16)21-20-10-9-18(23(3)13-6-14-23)15-17(20)11-12-22(21)2/h4-5,7-12,15H,6,13-14H2,1-3H3/q+1. The van der Waals surface area contributed by atoms with Crippen LogP contribution in [0.15, 0.2) is 54.7 Å². The van der Waals surface area contributed by atoms with Gasteiger partial charge in [0.25, 0.3) is 0 Å². The number of aromatic nitrogens is 1. The van der Waals surface area contributed by atoms with Gasteiger partial charge < -0.3 is 0 Å². The summed E-state index contributed by atoms with van der Waals surface area (Å²) in [6.45, 7) is 4.74. The summed E-state index contributed by atoms with van der Waals surface area (Å²) >= 11 is 0. The van der Waals surface area contributed by atoms with Crippen LogP contribution in [0.3, 0.4) is 0 Å². The van der Waals surface area contributed by atoms with Gasteiger partial charge in [0, 0.05) is 11.6 Å². The fourth-order valence-corrected chi connectivity index (χ4v) is 6.90. The molecule has 1 fully saturated rings. The highest BCUT2D eigenvalue weighted by Gasteiger charge is 2.36. The van der Waals surface area contributed by atoms with Crippen molar-refractivity contribution < 1.29 is 4.57 Å². The first-order valence-corrected chi connectivity index (χ1v) is 11.5. The Morgan fingerprint density at radius 3 is 2.48 bits per heavy atom. The summed E-state index contributed by atoms with van der Waals surface area (Å²) < 4.78 is 2.26. The molecule has 0 amide bonds. The van der Waals surface area contributed by atoms with E-state index in [1.54, 1.807) is 5.19 Å². The summed E-state index contributed by atoms with van der Waals surface area (Å²) in [4.78, 5) is 0. The van der Waals surface area contributed by atoms with Crippen LogP contribution in [0.1, 0.15) is 12.0 Å². The highest BCUT2D eigenvalue weighted by atomic mass is 28.3. The second-order valence-corrected chi connectivity index (χ2v) is 12.0. The molecule has 0 unspecified atom stereocenters. The lowest BCUT2D eigenvalue weighted by molar-refractivity contribution is -0.659. The maximum atomic E-state index is 2.54. The summed E-state index contributed by atoms with van der Waals surface area (Å²) in [6, 6.07) is 21.1. The van der Waals surface area contributed by atoms with E-state index < -0.39 is 8.07 Å². The van der Waals surface area contributed by atoms with E-state index in [0.29, 0.717) is 0 Å². The Morgan fingerprint density at radius 2 is 1.78 bits per heavy atom. The average molecular weight is 319 g/mol. The molecule has 1 aromatic heterocycles. The molecule has 2 aromatic carbocycles. The van der Waals surface area contributed by atoms with E-state index in [2.05, 4.69) is 79.8 Å². The van der Waals surface area contributed by atoms with Crippen molar-refractivity contribution in [2.75, 3.05) is 0 Å². The molecule has 23 heavy (non-hydrogen) atoms. The van der Waals surface area contributed by atoms with Gasteiger partial charge in [-0.25, -0.2) is 4.57 Å². The lowest BCUT2D eigenvalue weighted by atomic mass is 10.00. The third kappa shape index (κ3) is 2.33. The van der Waals surface area contributed by atoms with Crippen LogP contribution >= 0.6 is 0 Å². The van der Waals surface area contributed by atoms with Crippen LogP contribution in [-0.2, 0) is 7.05 Å². The van der Waals surface area contributed by atoms with Crippen LogP contribution in [0.2, 0.25) is 18.6 Å². The zero-order valence-corrected chi connectivity index (χ0v) is 15.3. The molecule has 1 aliphatic heterocycles. The highest BCUT2D eigenvalue weighted by Crippen LogP contribution is 2.33. The lowest BCUT2D eigenvalue weighted by Crippen LogP contribution is -2.50. The molecule has 116 valence electrons. The Kier molecular flexibility index (Phi) is 3.38. The van der Waals surface area contributed by atoms with E-state index >= 15 is 0 Å². The molecule has 0 atom stereocenters. The van der Waals surface area contributed by atoms with Crippen molar-refractivity contribution in [1.29, 1.82) is 0 Å². The molecule has 0 N–H and O–H groups in total. The molecular weight excluding hydrogens is 294 g/mol. The Labute approximate surface area is 139 Å². The van der Waals surface area contributed by atoms with E-state index in [4.69, 9.17) is 0 Å². The number of fused-ring (bicyclic) bond motifs is 1. The van der Waals surface area contributed by atoms with Crippen LogP contribution in [0, 0.1) is 6.92 Å². The Balaban J connectivity index is 1.94. The number of nitrogens with zero attached hydrogens (tertiary/aromatic N) is 1. The van der Waals surface area contributed by atoms with E-state index in [9.17, 15) is 0 Å². The van der Waals surface area contributed by atoms with Crippen molar-refractivity contribution in [3.05, 3.63) is 60.3 Å². The topological polar surface area (TPSA) is 3.88 Å². The van der Waals surface area contributed by atoms with Crippen molar-refractivity contribution in [1.82, 2.24) is 0 Å². The summed E-state index contributed by atoms with van der Waals surface area (Å²) in [5.74, 6) is 0. The minimum absolute atomic E-state index is 1.12. The number of pyridine rings is 1. The third-order valence-corrected chi connectivity index (χ3v) is 10.3. The molecule has 0 bridgehead atoms. The van der Waals surface area contributed by atoms with Gasteiger partial charge in [0.2, 0.25) is 5.69 Å². The quantitative estimate of drug-likeness (QED) is 0.489. The fraction of sp³-hybridized carbons (Fsp3) is 0.286. The van der Waals surface area contributed by atoms with Crippen LogP contribution < -0.4 is 9.75 Å². The van der Waals surface area contributed by atoms with E-state index in [1.807, 2.05) is 0 Å². The second kappa shape index (κ2) is 5.31. The normalized spacial score (nSPS) is 16.3. The van der Waals surface area contributed by atoms with Gasteiger partial charge in [0.1, 0.15) is 7.05 Å². The van der Waals surface area contributed by atoms with Gasteiger partial charge in [-0.05, 0) is 30.0 Å². The molecular formula is C21H24NSi+. The lowest BCUT2D eigenvalue weighted by Gasteiger charge is -2.36. The predicted molar refractivity (Wildman–Crippen MR) is 101 cm³/mol. The fourth-order valence-electron chi connectivity index (χ4n) is 3.92. The molecule has 4 rings (SSSR count). The van der Waals surface area contributed by atoms with Crippen molar-refractivity contribution in [2.24, 2.45) is 7.05 Å². The molecule has 1 saturated heterocycles. The monoisotopic (exact) mass is 318 g/mol. The SMILES string of the molecule is Cc1ccccc1-c1c2ccc([Si]3(C)CCC3)cc2cc[n+]1C. The number of hydrogen-bond acceptors (Lipinski definition) is 0. The minimum Gasteiger partial charge on any atom is -0.200 e. The molecule has 0 radical (unpaired) electrons. The predicted octanol–water partition coefficient (Wildman–Crippen LogP) is 4.33. The zero-order valence-electron chi connectivity index (χ0n) is 14.3.